The van der Waals surface area contributed by atoms with Gasteiger partial charge in [0.15, 0.2) is 11.6 Å². The number of nitrogens with two attached hydrogens (primary N) is 1. The second kappa shape index (κ2) is 8.57. The molecule has 1 amide bonds. The molecule has 0 aliphatic carbocycles. The minimum Gasteiger partial charge on any atom is -0.438 e. The number of carbonyl (C=O) groups is 1. The van der Waals surface area contributed by atoms with Crippen molar-refractivity contribution >= 4 is 33.2 Å². The Morgan fingerprint density at radius 3 is 2.39 bits per heavy atom. The summed E-state index contributed by atoms with van der Waals surface area (Å²) < 4.78 is 59.6. The van der Waals surface area contributed by atoms with Gasteiger partial charge >= 0.3 is 0 Å². The number of rotatable bonds is 5. The first-order valence-electron chi connectivity index (χ1n) is 9.47. The highest BCUT2D eigenvalue weighted by Crippen LogP contribution is 2.26. The number of sulfonamides is 1. The van der Waals surface area contributed by atoms with Crippen molar-refractivity contribution in [3.63, 3.8) is 0 Å². The SMILES string of the molecule is NC(=O)c1ccc(S(=O)(=O)N2CCN(c3cnn(-c4ccc(F)cc4F)c(=O)c3Cl)CC2)o1. The lowest BCUT2D eigenvalue weighted by molar-refractivity contribution is 0.0968. The number of anilines is 1. The Balaban J connectivity index is 1.53. The predicted molar refractivity (Wildman–Crippen MR) is 113 cm³/mol. The normalized spacial score (nSPS) is 15.1. The zero-order valence-corrected chi connectivity index (χ0v) is 18.3. The van der Waals surface area contributed by atoms with Gasteiger partial charge in [0, 0.05) is 32.2 Å². The Labute approximate surface area is 190 Å². The number of carbonyl (C=O) groups excluding carboxylic acids is 1. The van der Waals surface area contributed by atoms with E-state index in [2.05, 4.69) is 5.10 Å². The van der Waals surface area contributed by atoms with E-state index in [0.29, 0.717) is 10.7 Å². The van der Waals surface area contributed by atoms with E-state index in [0.717, 1.165) is 22.5 Å². The van der Waals surface area contributed by atoms with Crippen molar-refractivity contribution in [1.82, 2.24) is 14.1 Å². The predicted octanol–water partition coefficient (Wildman–Crippen LogP) is 1.37. The zero-order chi connectivity index (χ0) is 23.9. The Morgan fingerprint density at radius 1 is 1.09 bits per heavy atom. The van der Waals surface area contributed by atoms with Gasteiger partial charge in [-0.25, -0.2) is 17.2 Å². The fraction of sp³-hybridized carbons (Fsp3) is 0.211. The first-order chi connectivity index (χ1) is 15.6. The maximum Gasteiger partial charge on any atom is 0.292 e. The van der Waals surface area contributed by atoms with Gasteiger partial charge in [0.05, 0.1) is 11.9 Å². The number of primary amides is 1. The molecule has 3 heterocycles. The molecule has 2 aromatic heterocycles. The molecule has 14 heteroatoms. The molecule has 4 rings (SSSR count). The highest BCUT2D eigenvalue weighted by atomic mass is 35.5. The first-order valence-corrected chi connectivity index (χ1v) is 11.3. The third-order valence-corrected chi connectivity index (χ3v) is 7.16. The summed E-state index contributed by atoms with van der Waals surface area (Å²) in [5.41, 5.74) is 4.25. The lowest BCUT2D eigenvalue weighted by atomic mass is 10.3. The molecular weight excluding hydrogens is 484 g/mol. The van der Waals surface area contributed by atoms with Gasteiger partial charge in [0.25, 0.3) is 21.5 Å². The van der Waals surface area contributed by atoms with Gasteiger partial charge in [0.2, 0.25) is 5.09 Å². The van der Waals surface area contributed by atoms with Crippen molar-refractivity contribution in [2.24, 2.45) is 5.73 Å². The standard InChI is InChI=1S/C19H16ClF2N5O5S/c20-17-14(10-24-27(19(17)29)13-2-1-11(21)9-12(13)22)25-5-7-26(8-6-25)33(30,31)16-4-3-15(32-16)18(23)28/h1-4,9-10H,5-8H2,(H2,23,28). The number of hydrogen-bond acceptors (Lipinski definition) is 7. The number of furan rings is 1. The summed E-state index contributed by atoms with van der Waals surface area (Å²) in [6.07, 6.45) is 1.25. The van der Waals surface area contributed by atoms with Gasteiger partial charge in [-0.15, -0.1) is 0 Å². The monoisotopic (exact) mass is 499 g/mol. The number of piperazine rings is 1. The van der Waals surface area contributed by atoms with Gasteiger partial charge in [-0.1, -0.05) is 11.6 Å². The number of benzene rings is 1. The molecule has 3 aromatic rings. The zero-order valence-electron chi connectivity index (χ0n) is 16.7. The number of nitrogens with zero attached hydrogens (tertiary/aromatic N) is 4. The highest BCUT2D eigenvalue weighted by molar-refractivity contribution is 7.89. The van der Waals surface area contributed by atoms with Crippen LogP contribution in [-0.4, -0.2) is 54.6 Å². The molecule has 0 radical (unpaired) electrons. The average molecular weight is 500 g/mol. The molecule has 0 atom stereocenters. The molecule has 0 saturated carbocycles. The quantitative estimate of drug-likeness (QED) is 0.560. The highest BCUT2D eigenvalue weighted by Gasteiger charge is 2.32. The molecule has 0 bridgehead atoms. The van der Waals surface area contributed by atoms with Crippen molar-refractivity contribution in [1.29, 1.82) is 0 Å². The van der Waals surface area contributed by atoms with Crippen LogP contribution in [0.25, 0.3) is 5.69 Å². The second-order valence-corrected chi connectivity index (χ2v) is 9.28. The van der Waals surface area contributed by atoms with E-state index in [-0.39, 0.29) is 48.3 Å². The summed E-state index contributed by atoms with van der Waals surface area (Å²) >= 11 is 6.22. The van der Waals surface area contributed by atoms with E-state index in [4.69, 9.17) is 21.8 Å². The van der Waals surface area contributed by atoms with Gasteiger partial charge in [-0.05, 0) is 24.3 Å². The van der Waals surface area contributed by atoms with E-state index in [9.17, 15) is 26.8 Å². The molecule has 1 aromatic carbocycles. The summed E-state index contributed by atoms with van der Waals surface area (Å²) in [5, 5.41) is 3.28. The first kappa shape index (κ1) is 22.9. The van der Waals surface area contributed by atoms with Crippen molar-refractivity contribution in [2.45, 2.75) is 5.09 Å². The largest absolute Gasteiger partial charge is 0.438 e. The van der Waals surface area contributed by atoms with Gasteiger partial charge in [-0.2, -0.15) is 14.1 Å². The number of hydrogen-bond donors (Lipinski definition) is 1. The van der Waals surface area contributed by atoms with E-state index in [1.54, 1.807) is 4.90 Å². The van der Waals surface area contributed by atoms with E-state index in [1.165, 1.54) is 12.3 Å². The molecule has 1 aliphatic rings. The van der Waals surface area contributed by atoms with Crippen LogP contribution in [0, 0.1) is 11.6 Å². The summed E-state index contributed by atoms with van der Waals surface area (Å²) in [6.45, 7) is 0.388. The van der Waals surface area contributed by atoms with Crippen molar-refractivity contribution < 1.29 is 26.4 Å². The Hall–Kier alpha value is -3.29. The Kier molecular flexibility index (Phi) is 5.95. The van der Waals surface area contributed by atoms with Crippen LogP contribution in [0.15, 0.2) is 50.8 Å². The number of amides is 1. The molecule has 1 saturated heterocycles. The maximum atomic E-state index is 14.1. The van der Waals surface area contributed by atoms with Crippen LogP contribution in [0.1, 0.15) is 10.6 Å². The fourth-order valence-electron chi connectivity index (χ4n) is 3.36. The summed E-state index contributed by atoms with van der Waals surface area (Å²) in [4.78, 5) is 25.5. The Morgan fingerprint density at radius 2 is 1.79 bits per heavy atom. The molecular formula is C19H16ClF2N5O5S. The molecule has 10 nitrogen and oxygen atoms in total. The van der Waals surface area contributed by atoms with Crippen LogP contribution in [0.3, 0.4) is 0 Å². The van der Waals surface area contributed by atoms with Crippen LogP contribution in [0.5, 0.6) is 0 Å². The van der Waals surface area contributed by atoms with Crippen molar-refractivity contribution in [3.8, 4) is 5.69 Å². The smallest absolute Gasteiger partial charge is 0.292 e. The third-order valence-electron chi connectivity index (χ3n) is 5.04. The molecule has 33 heavy (non-hydrogen) atoms. The van der Waals surface area contributed by atoms with Crippen LogP contribution in [0.2, 0.25) is 5.02 Å². The molecule has 1 fully saturated rings. The van der Waals surface area contributed by atoms with Crippen LogP contribution in [0.4, 0.5) is 14.5 Å². The van der Waals surface area contributed by atoms with Crippen LogP contribution < -0.4 is 16.2 Å². The molecule has 1 aliphatic heterocycles. The van der Waals surface area contributed by atoms with E-state index < -0.39 is 38.2 Å². The summed E-state index contributed by atoms with van der Waals surface area (Å²) in [5.74, 6) is -2.95. The van der Waals surface area contributed by atoms with Gasteiger partial charge < -0.3 is 15.1 Å². The Bertz CT molecular complexity index is 1400. The van der Waals surface area contributed by atoms with Gasteiger partial charge in [-0.3, -0.25) is 9.59 Å². The topological polar surface area (TPSA) is 132 Å². The summed E-state index contributed by atoms with van der Waals surface area (Å²) in [7, 11) is -4.00. The summed E-state index contributed by atoms with van der Waals surface area (Å²) in [6, 6.07) is 5.00. The van der Waals surface area contributed by atoms with E-state index >= 15 is 0 Å². The number of aromatic nitrogens is 2. The lowest BCUT2D eigenvalue weighted by Gasteiger charge is -2.34. The van der Waals surface area contributed by atoms with E-state index in [1.807, 2.05) is 0 Å². The average Bonchev–Trinajstić information content (AvgIpc) is 3.28. The molecule has 0 spiro atoms. The second-order valence-electron chi connectivity index (χ2n) is 7.03. The van der Waals surface area contributed by atoms with Crippen molar-refractivity contribution in [2.75, 3.05) is 31.1 Å². The maximum absolute atomic E-state index is 14.1. The number of halogens is 3. The van der Waals surface area contributed by atoms with Crippen LogP contribution in [-0.2, 0) is 10.0 Å². The molecule has 174 valence electrons. The van der Waals surface area contributed by atoms with Crippen molar-refractivity contribution in [3.05, 3.63) is 69.3 Å². The van der Waals surface area contributed by atoms with Gasteiger partial charge in [0.1, 0.15) is 16.5 Å². The fourth-order valence-corrected chi connectivity index (χ4v) is 4.94. The molecule has 2 N–H and O–H groups in total. The minimum atomic E-state index is -4.00. The lowest BCUT2D eigenvalue weighted by Crippen LogP contribution is -2.49. The molecule has 0 unspecified atom stereocenters. The third kappa shape index (κ3) is 4.21. The minimum absolute atomic E-state index is 0.0287. The van der Waals surface area contributed by atoms with Crippen LogP contribution >= 0.6 is 11.6 Å².